The van der Waals surface area contributed by atoms with Crippen LogP contribution in [0.2, 0.25) is 0 Å². The molecule has 0 fully saturated rings. The van der Waals surface area contributed by atoms with E-state index in [4.69, 9.17) is 5.26 Å². The monoisotopic (exact) mass is 355 g/mol. The van der Waals surface area contributed by atoms with Crippen molar-refractivity contribution in [1.82, 2.24) is 19.5 Å². The van der Waals surface area contributed by atoms with Crippen molar-refractivity contribution in [2.45, 2.75) is 6.18 Å². The molecule has 0 saturated carbocycles. The van der Waals surface area contributed by atoms with E-state index < -0.39 is 17.4 Å². The number of nitrogens with one attached hydrogen (secondary N) is 1. The molecule has 0 saturated heterocycles. The van der Waals surface area contributed by atoms with Crippen LogP contribution in [0.15, 0.2) is 47.5 Å². The summed E-state index contributed by atoms with van der Waals surface area (Å²) in [6.07, 6.45) is -3.37. The molecule has 1 N–H and O–H groups in total. The van der Waals surface area contributed by atoms with Crippen LogP contribution in [0.3, 0.4) is 0 Å². The number of nitriles is 1. The summed E-state index contributed by atoms with van der Waals surface area (Å²) in [4.78, 5) is 23.3. The maximum atomic E-state index is 13.1. The first kappa shape index (κ1) is 15.8. The fourth-order valence-electron chi connectivity index (χ4n) is 2.79. The number of pyridine rings is 2. The van der Waals surface area contributed by atoms with Gasteiger partial charge in [-0.15, -0.1) is 0 Å². The third kappa shape index (κ3) is 2.31. The molecule has 3 heterocycles. The molecule has 0 aliphatic heterocycles. The SMILES string of the molecule is N#Cc1cccc(-n2c(=O)c3[nH]cnc3c3ccc(C(F)(F)F)nc32)c1. The zero-order valence-corrected chi connectivity index (χ0v) is 12.9. The van der Waals surface area contributed by atoms with Crippen molar-refractivity contribution >= 4 is 22.1 Å². The fourth-order valence-corrected chi connectivity index (χ4v) is 2.79. The van der Waals surface area contributed by atoms with Crippen LogP contribution in [0.25, 0.3) is 27.8 Å². The molecular weight excluding hydrogens is 347 g/mol. The number of fused-ring (bicyclic) bond motifs is 3. The lowest BCUT2D eigenvalue weighted by Gasteiger charge is -2.13. The van der Waals surface area contributed by atoms with E-state index in [0.29, 0.717) is 0 Å². The molecular formula is C17H8F3N5O. The molecule has 0 amide bonds. The molecule has 0 atom stereocenters. The summed E-state index contributed by atoms with van der Waals surface area (Å²) in [6.45, 7) is 0. The molecule has 4 aromatic rings. The maximum Gasteiger partial charge on any atom is 0.433 e. The number of alkyl halides is 3. The molecule has 0 aliphatic carbocycles. The van der Waals surface area contributed by atoms with Gasteiger partial charge in [0.25, 0.3) is 5.56 Å². The number of imidazole rings is 1. The van der Waals surface area contributed by atoms with E-state index in [9.17, 15) is 18.0 Å². The first-order valence-corrected chi connectivity index (χ1v) is 7.37. The summed E-state index contributed by atoms with van der Waals surface area (Å²) in [5, 5.41) is 9.35. The quantitative estimate of drug-likeness (QED) is 0.568. The highest BCUT2D eigenvalue weighted by molar-refractivity contribution is 6.01. The van der Waals surface area contributed by atoms with Crippen LogP contribution in [0.5, 0.6) is 0 Å². The van der Waals surface area contributed by atoms with E-state index in [1.807, 2.05) is 6.07 Å². The van der Waals surface area contributed by atoms with Gasteiger partial charge in [0.15, 0.2) is 0 Å². The Labute approximate surface area is 143 Å². The van der Waals surface area contributed by atoms with Crippen molar-refractivity contribution in [3.8, 4) is 11.8 Å². The van der Waals surface area contributed by atoms with E-state index in [2.05, 4.69) is 15.0 Å². The first-order valence-electron chi connectivity index (χ1n) is 7.37. The second-order valence-corrected chi connectivity index (χ2v) is 5.49. The van der Waals surface area contributed by atoms with Gasteiger partial charge in [0, 0.05) is 5.39 Å². The van der Waals surface area contributed by atoms with Crippen molar-refractivity contribution in [2.24, 2.45) is 0 Å². The van der Waals surface area contributed by atoms with Gasteiger partial charge in [0.05, 0.1) is 23.6 Å². The number of hydrogen-bond acceptors (Lipinski definition) is 4. The fraction of sp³-hybridized carbons (Fsp3) is 0.0588. The molecule has 1 aromatic carbocycles. The molecule has 26 heavy (non-hydrogen) atoms. The highest BCUT2D eigenvalue weighted by Crippen LogP contribution is 2.30. The van der Waals surface area contributed by atoms with Gasteiger partial charge in [0.2, 0.25) is 0 Å². The summed E-state index contributed by atoms with van der Waals surface area (Å²) < 4.78 is 40.4. The minimum absolute atomic E-state index is 0.140. The van der Waals surface area contributed by atoms with Crippen LogP contribution in [-0.4, -0.2) is 19.5 Å². The minimum atomic E-state index is -4.66. The van der Waals surface area contributed by atoms with Crippen LogP contribution in [-0.2, 0) is 6.18 Å². The van der Waals surface area contributed by atoms with Crippen LogP contribution >= 0.6 is 0 Å². The number of rotatable bonds is 1. The average Bonchev–Trinajstić information content (AvgIpc) is 3.11. The topological polar surface area (TPSA) is 87.4 Å². The zero-order chi connectivity index (χ0) is 18.5. The Hall–Kier alpha value is -3.67. The largest absolute Gasteiger partial charge is 0.433 e. The molecule has 0 radical (unpaired) electrons. The van der Waals surface area contributed by atoms with Gasteiger partial charge >= 0.3 is 6.18 Å². The Kier molecular flexibility index (Phi) is 3.30. The molecule has 9 heteroatoms. The standard InChI is InChI=1S/C17H8F3N5O/c18-17(19,20)12-5-4-11-13-14(23-8-22-13)16(26)25(15(11)24-12)10-3-1-2-9(6-10)7-21/h1-6,8H,(H,22,23). The van der Waals surface area contributed by atoms with E-state index in [1.54, 1.807) is 0 Å². The normalized spacial score (nSPS) is 11.8. The van der Waals surface area contributed by atoms with Crippen LogP contribution in [0.1, 0.15) is 11.3 Å². The number of aromatic nitrogens is 4. The number of benzene rings is 1. The predicted octanol–water partition coefficient (Wildman–Crippen LogP) is 3.15. The molecule has 0 bridgehead atoms. The number of hydrogen-bond donors (Lipinski definition) is 1. The molecule has 6 nitrogen and oxygen atoms in total. The van der Waals surface area contributed by atoms with Crippen molar-refractivity contribution in [2.75, 3.05) is 0 Å². The van der Waals surface area contributed by atoms with Gasteiger partial charge in [0.1, 0.15) is 22.4 Å². The van der Waals surface area contributed by atoms with Crippen molar-refractivity contribution in [1.29, 1.82) is 5.26 Å². The minimum Gasteiger partial charge on any atom is -0.340 e. The summed E-state index contributed by atoms with van der Waals surface area (Å²) >= 11 is 0. The Morgan fingerprint density at radius 1 is 1.19 bits per heavy atom. The van der Waals surface area contributed by atoms with Crippen LogP contribution < -0.4 is 5.56 Å². The van der Waals surface area contributed by atoms with Crippen LogP contribution in [0, 0.1) is 11.3 Å². The number of halogens is 3. The number of H-pyrrole nitrogens is 1. The predicted molar refractivity (Wildman–Crippen MR) is 86.7 cm³/mol. The van der Waals surface area contributed by atoms with Gasteiger partial charge < -0.3 is 4.98 Å². The lowest BCUT2D eigenvalue weighted by molar-refractivity contribution is -0.141. The lowest BCUT2D eigenvalue weighted by Crippen LogP contribution is -2.21. The van der Waals surface area contributed by atoms with Crippen LogP contribution in [0.4, 0.5) is 13.2 Å². The third-order valence-corrected chi connectivity index (χ3v) is 3.92. The van der Waals surface area contributed by atoms with Gasteiger partial charge in [-0.05, 0) is 30.3 Å². The first-order chi connectivity index (χ1) is 12.4. The number of aromatic amines is 1. The van der Waals surface area contributed by atoms with E-state index in [-0.39, 0.29) is 33.3 Å². The highest BCUT2D eigenvalue weighted by Gasteiger charge is 2.33. The van der Waals surface area contributed by atoms with Crippen molar-refractivity contribution in [3.63, 3.8) is 0 Å². The van der Waals surface area contributed by atoms with Gasteiger partial charge in [-0.3, -0.25) is 9.36 Å². The van der Waals surface area contributed by atoms with E-state index in [1.165, 1.54) is 36.7 Å². The summed E-state index contributed by atoms with van der Waals surface area (Å²) in [5.74, 6) is 0. The Morgan fingerprint density at radius 3 is 2.73 bits per heavy atom. The summed E-state index contributed by atoms with van der Waals surface area (Å²) in [6, 6.07) is 10.0. The Morgan fingerprint density at radius 2 is 2.00 bits per heavy atom. The van der Waals surface area contributed by atoms with E-state index in [0.717, 1.165) is 10.6 Å². The lowest BCUT2D eigenvalue weighted by atomic mass is 10.2. The van der Waals surface area contributed by atoms with Gasteiger partial charge in [-0.2, -0.15) is 18.4 Å². The molecule has 0 spiro atoms. The van der Waals surface area contributed by atoms with Crippen molar-refractivity contribution in [3.05, 3.63) is 64.3 Å². The smallest absolute Gasteiger partial charge is 0.340 e. The molecule has 3 aromatic heterocycles. The summed E-state index contributed by atoms with van der Waals surface area (Å²) in [7, 11) is 0. The number of nitrogens with zero attached hydrogens (tertiary/aromatic N) is 4. The third-order valence-electron chi connectivity index (χ3n) is 3.92. The van der Waals surface area contributed by atoms with Crippen molar-refractivity contribution < 1.29 is 13.2 Å². The van der Waals surface area contributed by atoms with Gasteiger partial charge in [-0.1, -0.05) is 6.07 Å². The highest BCUT2D eigenvalue weighted by atomic mass is 19.4. The molecule has 128 valence electrons. The average molecular weight is 355 g/mol. The maximum absolute atomic E-state index is 13.1. The Balaban J connectivity index is 2.19. The van der Waals surface area contributed by atoms with Gasteiger partial charge in [-0.25, -0.2) is 9.97 Å². The second-order valence-electron chi connectivity index (χ2n) is 5.49. The molecule has 0 unspecified atom stereocenters. The second kappa shape index (κ2) is 5.42. The molecule has 4 rings (SSSR count). The Bertz CT molecular complexity index is 1260. The van der Waals surface area contributed by atoms with E-state index >= 15 is 0 Å². The molecule has 0 aliphatic rings. The summed E-state index contributed by atoms with van der Waals surface area (Å²) in [5.41, 5.74) is -1.03. The zero-order valence-electron chi connectivity index (χ0n) is 12.9.